The molecule has 0 radical (unpaired) electrons. The van der Waals surface area contributed by atoms with E-state index in [1.54, 1.807) is 7.11 Å². The van der Waals surface area contributed by atoms with Gasteiger partial charge in [0.25, 0.3) is 0 Å². The second-order valence-electron chi connectivity index (χ2n) is 4.59. The van der Waals surface area contributed by atoms with Crippen LogP contribution in [0, 0.1) is 0 Å². The summed E-state index contributed by atoms with van der Waals surface area (Å²) in [5.74, 6) is 0.398. The van der Waals surface area contributed by atoms with Crippen molar-refractivity contribution in [1.29, 1.82) is 0 Å². The second-order valence-corrected chi connectivity index (χ2v) is 4.59. The van der Waals surface area contributed by atoms with Gasteiger partial charge in [-0.05, 0) is 30.8 Å². The van der Waals surface area contributed by atoms with E-state index < -0.39 is 6.04 Å². The Morgan fingerprint density at radius 1 is 1.30 bits per heavy atom. The van der Waals surface area contributed by atoms with E-state index in [-0.39, 0.29) is 5.91 Å². The largest absolute Gasteiger partial charge is 0.497 e. The molecule has 1 amide bonds. The molecule has 0 saturated heterocycles. The predicted molar refractivity (Wildman–Crippen MR) is 80.7 cm³/mol. The van der Waals surface area contributed by atoms with E-state index in [1.807, 2.05) is 24.3 Å². The molecule has 0 spiro atoms. The van der Waals surface area contributed by atoms with Crippen molar-refractivity contribution in [3.05, 3.63) is 29.8 Å². The average Bonchev–Trinajstić information content (AvgIpc) is 2.47. The van der Waals surface area contributed by atoms with Crippen LogP contribution in [0.1, 0.15) is 25.5 Å². The van der Waals surface area contributed by atoms with Crippen molar-refractivity contribution < 1.29 is 9.53 Å². The van der Waals surface area contributed by atoms with Gasteiger partial charge in [-0.15, -0.1) is 0 Å². The van der Waals surface area contributed by atoms with Gasteiger partial charge in [-0.3, -0.25) is 4.79 Å². The van der Waals surface area contributed by atoms with E-state index in [0.717, 1.165) is 37.5 Å². The summed E-state index contributed by atoms with van der Waals surface area (Å²) in [6.07, 6.45) is 0. The average molecular weight is 279 g/mol. The highest BCUT2D eigenvalue weighted by Gasteiger charge is 2.17. The highest BCUT2D eigenvalue weighted by molar-refractivity contribution is 5.81. The molecule has 0 saturated carbocycles. The summed E-state index contributed by atoms with van der Waals surface area (Å²) < 4.78 is 5.11. The first-order chi connectivity index (χ1) is 9.62. The smallest absolute Gasteiger partial charge is 0.239 e. The summed E-state index contributed by atoms with van der Waals surface area (Å²) in [5, 5.41) is 3.22. The summed E-state index contributed by atoms with van der Waals surface area (Å²) in [7, 11) is 1.61. The number of likely N-dealkylation sites (N-methyl/N-ethyl adjacent to an activating group) is 1. The van der Waals surface area contributed by atoms with Crippen LogP contribution >= 0.6 is 0 Å². The van der Waals surface area contributed by atoms with Crippen LogP contribution in [0.4, 0.5) is 0 Å². The number of nitrogens with zero attached hydrogens (tertiary/aromatic N) is 1. The van der Waals surface area contributed by atoms with Gasteiger partial charge >= 0.3 is 0 Å². The zero-order chi connectivity index (χ0) is 15.0. The maximum Gasteiger partial charge on any atom is 0.239 e. The number of carbonyl (C=O) groups is 1. The maximum absolute atomic E-state index is 11.6. The number of benzene rings is 1. The van der Waals surface area contributed by atoms with Crippen LogP contribution in [-0.4, -0.2) is 44.1 Å². The first kappa shape index (κ1) is 16.5. The number of nitrogens with two attached hydrogens (primary N) is 1. The molecule has 5 nitrogen and oxygen atoms in total. The predicted octanol–water partition coefficient (Wildman–Crippen LogP) is 1.15. The first-order valence-corrected chi connectivity index (χ1v) is 7.01. The van der Waals surface area contributed by atoms with E-state index in [4.69, 9.17) is 10.5 Å². The van der Waals surface area contributed by atoms with E-state index in [0.29, 0.717) is 0 Å². The summed E-state index contributed by atoms with van der Waals surface area (Å²) in [5.41, 5.74) is 6.33. The number of hydrogen-bond donors (Lipinski definition) is 2. The number of amides is 1. The van der Waals surface area contributed by atoms with Gasteiger partial charge in [0.15, 0.2) is 0 Å². The van der Waals surface area contributed by atoms with Crippen LogP contribution in [0.2, 0.25) is 0 Å². The number of carbonyl (C=O) groups excluding carboxylic acids is 1. The third kappa shape index (κ3) is 4.83. The second kappa shape index (κ2) is 8.55. The molecule has 20 heavy (non-hydrogen) atoms. The van der Waals surface area contributed by atoms with Crippen molar-refractivity contribution in [2.75, 3.05) is 33.3 Å². The Bertz CT molecular complexity index is 402. The minimum atomic E-state index is -0.462. The molecule has 1 unspecified atom stereocenters. The summed E-state index contributed by atoms with van der Waals surface area (Å²) in [4.78, 5) is 13.9. The Morgan fingerprint density at radius 3 is 2.35 bits per heavy atom. The maximum atomic E-state index is 11.6. The Kier molecular flexibility index (Phi) is 7.04. The van der Waals surface area contributed by atoms with E-state index >= 15 is 0 Å². The van der Waals surface area contributed by atoms with E-state index in [2.05, 4.69) is 24.1 Å². The highest BCUT2D eigenvalue weighted by Crippen LogP contribution is 2.17. The fourth-order valence-corrected chi connectivity index (χ4v) is 2.09. The Morgan fingerprint density at radius 2 is 1.90 bits per heavy atom. The van der Waals surface area contributed by atoms with E-state index in [9.17, 15) is 4.79 Å². The van der Waals surface area contributed by atoms with Gasteiger partial charge < -0.3 is 20.7 Å². The van der Waals surface area contributed by atoms with Crippen LogP contribution in [-0.2, 0) is 4.79 Å². The highest BCUT2D eigenvalue weighted by atomic mass is 16.5. The SMILES string of the molecule is CCN(CC)CCNC(C(N)=O)c1ccc(OC)cc1. The molecular formula is C15H25N3O2. The summed E-state index contributed by atoms with van der Waals surface area (Å²) in [6, 6.07) is 6.92. The monoisotopic (exact) mass is 279 g/mol. The molecule has 112 valence electrons. The molecule has 0 fully saturated rings. The topological polar surface area (TPSA) is 67.6 Å². The van der Waals surface area contributed by atoms with Crippen LogP contribution < -0.4 is 15.8 Å². The van der Waals surface area contributed by atoms with Gasteiger partial charge in [0.05, 0.1) is 7.11 Å². The van der Waals surface area contributed by atoms with Crippen LogP contribution in [0.25, 0.3) is 0 Å². The summed E-state index contributed by atoms with van der Waals surface area (Å²) in [6.45, 7) is 7.87. The number of rotatable bonds is 9. The van der Waals surface area contributed by atoms with Gasteiger partial charge in [-0.25, -0.2) is 0 Å². The van der Waals surface area contributed by atoms with Gasteiger partial charge in [0.2, 0.25) is 5.91 Å². The normalized spacial score (nSPS) is 12.4. The number of primary amides is 1. The number of ether oxygens (including phenoxy) is 1. The fourth-order valence-electron chi connectivity index (χ4n) is 2.09. The van der Waals surface area contributed by atoms with Gasteiger partial charge in [0, 0.05) is 13.1 Å². The first-order valence-electron chi connectivity index (χ1n) is 7.01. The lowest BCUT2D eigenvalue weighted by atomic mass is 10.1. The van der Waals surface area contributed by atoms with Crippen molar-refractivity contribution in [1.82, 2.24) is 10.2 Å². The Labute approximate surface area is 121 Å². The van der Waals surface area contributed by atoms with Gasteiger partial charge in [-0.1, -0.05) is 26.0 Å². The molecule has 1 rings (SSSR count). The third-order valence-electron chi connectivity index (χ3n) is 3.40. The molecule has 0 aliphatic heterocycles. The minimum absolute atomic E-state index is 0.366. The number of methoxy groups -OCH3 is 1. The molecule has 0 aromatic heterocycles. The molecular weight excluding hydrogens is 254 g/mol. The molecule has 1 atom stereocenters. The molecule has 1 aromatic carbocycles. The molecule has 0 heterocycles. The van der Waals surface area contributed by atoms with Gasteiger partial charge in [0.1, 0.15) is 11.8 Å². The number of hydrogen-bond acceptors (Lipinski definition) is 4. The van der Waals surface area contributed by atoms with Crippen molar-refractivity contribution in [3.63, 3.8) is 0 Å². The minimum Gasteiger partial charge on any atom is -0.497 e. The summed E-state index contributed by atoms with van der Waals surface area (Å²) >= 11 is 0. The van der Waals surface area contributed by atoms with Crippen LogP contribution in [0.5, 0.6) is 5.75 Å². The lowest BCUT2D eigenvalue weighted by Crippen LogP contribution is -2.38. The van der Waals surface area contributed by atoms with Crippen molar-refractivity contribution >= 4 is 5.91 Å². The fraction of sp³-hybridized carbons (Fsp3) is 0.533. The lowest BCUT2D eigenvalue weighted by Gasteiger charge is -2.21. The lowest BCUT2D eigenvalue weighted by molar-refractivity contribution is -0.120. The molecule has 0 aliphatic carbocycles. The standard InChI is InChI=1S/C15H25N3O2/c1-4-18(5-2)11-10-17-14(15(16)19)12-6-8-13(20-3)9-7-12/h6-9,14,17H,4-5,10-11H2,1-3H3,(H2,16,19). The third-order valence-corrected chi connectivity index (χ3v) is 3.40. The zero-order valence-electron chi connectivity index (χ0n) is 12.6. The Balaban J connectivity index is 2.62. The quantitative estimate of drug-likeness (QED) is 0.711. The van der Waals surface area contributed by atoms with Gasteiger partial charge in [-0.2, -0.15) is 0 Å². The molecule has 5 heteroatoms. The Hall–Kier alpha value is -1.59. The van der Waals surface area contributed by atoms with Crippen molar-refractivity contribution in [3.8, 4) is 5.75 Å². The molecule has 0 aliphatic rings. The molecule has 3 N–H and O–H groups in total. The zero-order valence-corrected chi connectivity index (χ0v) is 12.6. The van der Waals surface area contributed by atoms with E-state index in [1.165, 1.54) is 0 Å². The number of nitrogens with one attached hydrogen (secondary N) is 1. The van der Waals surface area contributed by atoms with Crippen LogP contribution in [0.3, 0.4) is 0 Å². The van der Waals surface area contributed by atoms with Crippen LogP contribution in [0.15, 0.2) is 24.3 Å². The van der Waals surface area contributed by atoms with Crippen molar-refractivity contribution in [2.24, 2.45) is 5.73 Å². The molecule has 1 aromatic rings. The molecule has 0 bridgehead atoms. The van der Waals surface area contributed by atoms with Crippen molar-refractivity contribution in [2.45, 2.75) is 19.9 Å².